The average molecular weight is 287 g/mol. The number of aromatic nitrogens is 3. The summed E-state index contributed by atoms with van der Waals surface area (Å²) in [5, 5.41) is 4.30. The summed E-state index contributed by atoms with van der Waals surface area (Å²) in [5.74, 6) is 2.04. The van der Waals surface area contributed by atoms with Crippen molar-refractivity contribution in [2.24, 2.45) is 0 Å². The van der Waals surface area contributed by atoms with E-state index in [-0.39, 0.29) is 5.82 Å². The number of hydrogen-bond donors (Lipinski definition) is 0. The Morgan fingerprint density at radius 3 is 2.90 bits per heavy atom. The van der Waals surface area contributed by atoms with E-state index in [4.69, 9.17) is 9.15 Å². The molecule has 1 aromatic carbocycles. The second-order valence-corrected chi connectivity index (χ2v) is 4.57. The second-order valence-electron chi connectivity index (χ2n) is 4.57. The Morgan fingerprint density at radius 1 is 1.29 bits per heavy atom. The highest BCUT2D eigenvalue weighted by Crippen LogP contribution is 2.24. The first-order valence-electron chi connectivity index (χ1n) is 6.45. The van der Waals surface area contributed by atoms with Gasteiger partial charge < -0.3 is 9.15 Å². The van der Waals surface area contributed by atoms with Crippen LogP contribution < -0.4 is 0 Å². The highest BCUT2D eigenvalue weighted by Gasteiger charge is 2.15. The number of hydrogen-bond acceptors (Lipinski definition) is 4. The molecule has 0 fully saturated rings. The Hall–Kier alpha value is -2.47. The third-order valence-corrected chi connectivity index (χ3v) is 2.93. The number of furan rings is 1. The molecule has 5 nitrogen and oxygen atoms in total. The van der Waals surface area contributed by atoms with Crippen molar-refractivity contribution in [1.82, 2.24) is 14.8 Å². The standard InChI is InChI=1S/C15H14FN3O2/c1-10-17-15(14-7-6-13(21-14)9-20-2)19(18-10)12-5-3-4-11(16)8-12/h3-8H,9H2,1-2H3. The zero-order chi connectivity index (χ0) is 14.8. The summed E-state index contributed by atoms with van der Waals surface area (Å²) in [7, 11) is 1.60. The van der Waals surface area contributed by atoms with Gasteiger partial charge in [0.2, 0.25) is 0 Å². The van der Waals surface area contributed by atoms with Crippen molar-refractivity contribution in [3.63, 3.8) is 0 Å². The molecule has 108 valence electrons. The molecule has 0 saturated carbocycles. The molecule has 0 saturated heterocycles. The number of nitrogens with zero attached hydrogens (tertiary/aromatic N) is 3. The van der Waals surface area contributed by atoms with E-state index in [1.165, 1.54) is 12.1 Å². The van der Waals surface area contributed by atoms with Crippen LogP contribution in [0.5, 0.6) is 0 Å². The molecule has 0 aliphatic carbocycles. The maximum atomic E-state index is 13.4. The zero-order valence-electron chi connectivity index (χ0n) is 11.7. The van der Waals surface area contributed by atoms with E-state index in [9.17, 15) is 4.39 Å². The van der Waals surface area contributed by atoms with Gasteiger partial charge >= 0.3 is 0 Å². The minimum Gasteiger partial charge on any atom is -0.455 e. The molecular formula is C15H14FN3O2. The number of ether oxygens (including phenoxy) is 1. The van der Waals surface area contributed by atoms with Crippen LogP contribution in [0.15, 0.2) is 40.8 Å². The summed E-state index contributed by atoms with van der Waals surface area (Å²) in [6, 6.07) is 9.79. The molecule has 0 aliphatic heterocycles. The minimum atomic E-state index is -0.328. The normalized spacial score (nSPS) is 11.0. The average Bonchev–Trinajstić information content (AvgIpc) is 3.06. The Balaban J connectivity index is 2.06. The summed E-state index contributed by atoms with van der Waals surface area (Å²) in [6.07, 6.45) is 0. The van der Waals surface area contributed by atoms with Crippen LogP contribution in [0.4, 0.5) is 4.39 Å². The van der Waals surface area contributed by atoms with Gasteiger partial charge in [-0.05, 0) is 37.3 Å². The summed E-state index contributed by atoms with van der Waals surface area (Å²) in [5.41, 5.74) is 0.593. The molecule has 0 unspecified atom stereocenters. The summed E-state index contributed by atoms with van der Waals surface area (Å²) in [6.45, 7) is 2.16. The van der Waals surface area contributed by atoms with Crippen LogP contribution in [-0.2, 0) is 11.3 Å². The summed E-state index contributed by atoms with van der Waals surface area (Å²) in [4.78, 5) is 4.36. The molecule has 2 heterocycles. The molecule has 0 amide bonds. The van der Waals surface area contributed by atoms with Gasteiger partial charge in [0.1, 0.15) is 24.0 Å². The lowest BCUT2D eigenvalue weighted by Gasteiger charge is -2.04. The Bertz CT molecular complexity index is 764. The number of rotatable bonds is 4. The van der Waals surface area contributed by atoms with Crippen LogP contribution in [0.2, 0.25) is 0 Å². The molecule has 0 atom stereocenters. The lowest BCUT2D eigenvalue weighted by atomic mass is 10.3. The van der Waals surface area contributed by atoms with E-state index in [1.54, 1.807) is 36.9 Å². The van der Waals surface area contributed by atoms with E-state index >= 15 is 0 Å². The molecular weight excluding hydrogens is 273 g/mol. The monoisotopic (exact) mass is 287 g/mol. The highest BCUT2D eigenvalue weighted by molar-refractivity contribution is 5.52. The molecule has 3 rings (SSSR count). The maximum absolute atomic E-state index is 13.4. The van der Waals surface area contributed by atoms with Gasteiger partial charge in [0, 0.05) is 7.11 Å². The number of aryl methyl sites for hydroxylation is 1. The van der Waals surface area contributed by atoms with E-state index in [0.717, 1.165) is 0 Å². The van der Waals surface area contributed by atoms with Gasteiger partial charge in [-0.1, -0.05) is 6.07 Å². The maximum Gasteiger partial charge on any atom is 0.199 e. The SMILES string of the molecule is COCc1ccc(-c2nc(C)nn2-c2cccc(F)c2)o1. The molecule has 3 aromatic rings. The zero-order valence-corrected chi connectivity index (χ0v) is 11.7. The molecule has 2 aromatic heterocycles. The van der Waals surface area contributed by atoms with Crippen molar-refractivity contribution in [3.8, 4) is 17.3 Å². The summed E-state index contributed by atoms with van der Waals surface area (Å²) < 4.78 is 25.7. The van der Waals surface area contributed by atoms with Gasteiger partial charge in [-0.2, -0.15) is 5.10 Å². The first kappa shape index (κ1) is 13.5. The molecule has 0 bridgehead atoms. The van der Waals surface area contributed by atoms with Crippen molar-refractivity contribution in [1.29, 1.82) is 0 Å². The molecule has 0 N–H and O–H groups in total. The van der Waals surface area contributed by atoms with Crippen LogP contribution in [0, 0.1) is 12.7 Å². The van der Waals surface area contributed by atoms with E-state index < -0.39 is 0 Å². The molecule has 21 heavy (non-hydrogen) atoms. The van der Waals surface area contributed by atoms with Crippen molar-refractivity contribution < 1.29 is 13.5 Å². The van der Waals surface area contributed by atoms with Crippen LogP contribution in [-0.4, -0.2) is 21.9 Å². The van der Waals surface area contributed by atoms with Crippen LogP contribution in [0.3, 0.4) is 0 Å². The fourth-order valence-corrected chi connectivity index (χ4v) is 2.08. The predicted octanol–water partition coefficient (Wildman–Crippen LogP) is 3.12. The van der Waals surface area contributed by atoms with Gasteiger partial charge in [0.25, 0.3) is 0 Å². The number of benzene rings is 1. The van der Waals surface area contributed by atoms with E-state index in [0.29, 0.717) is 35.5 Å². The molecule has 0 spiro atoms. The van der Waals surface area contributed by atoms with Gasteiger partial charge in [0.05, 0.1) is 5.69 Å². The fraction of sp³-hybridized carbons (Fsp3) is 0.200. The quantitative estimate of drug-likeness (QED) is 0.740. The van der Waals surface area contributed by atoms with Crippen molar-refractivity contribution in [2.45, 2.75) is 13.5 Å². The minimum absolute atomic E-state index is 0.328. The van der Waals surface area contributed by atoms with Crippen molar-refractivity contribution >= 4 is 0 Å². The Kier molecular flexibility index (Phi) is 3.53. The van der Waals surface area contributed by atoms with Crippen molar-refractivity contribution in [3.05, 3.63) is 53.8 Å². The largest absolute Gasteiger partial charge is 0.455 e. The number of methoxy groups -OCH3 is 1. The first-order chi connectivity index (χ1) is 10.2. The third kappa shape index (κ3) is 2.71. The fourth-order valence-electron chi connectivity index (χ4n) is 2.08. The molecule has 6 heteroatoms. The highest BCUT2D eigenvalue weighted by atomic mass is 19.1. The second kappa shape index (κ2) is 5.49. The smallest absolute Gasteiger partial charge is 0.199 e. The van der Waals surface area contributed by atoms with Gasteiger partial charge in [-0.25, -0.2) is 14.1 Å². The topological polar surface area (TPSA) is 53.1 Å². The van der Waals surface area contributed by atoms with E-state index in [1.807, 2.05) is 6.07 Å². The Morgan fingerprint density at radius 2 is 2.14 bits per heavy atom. The van der Waals surface area contributed by atoms with Gasteiger partial charge in [-0.15, -0.1) is 0 Å². The molecule has 0 aliphatic rings. The van der Waals surface area contributed by atoms with Crippen molar-refractivity contribution in [2.75, 3.05) is 7.11 Å². The lowest BCUT2D eigenvalue weighted by molar-refractivity contribution is 0.165. The van der Waals surface area contributed by atoms with Gasteiger partial charge in [-0.3, -0.25) is 0 Å². The third-order valence-electron chi connectivity index (χ3n) is 2.93. The lowest BCUT2D eigenvalue weighted by Crippen LogP contribution is -1.99. The van der Waals surface area contributed by atoms with Crippen LogP contribution >= 0.6 is 0 Å². The first-order valence-corrected chi connectivity index (χ1v) is 6.45. The summed E-state index contributed by atoms with van der Waals surface area (Å²) >= 11 is 0. The Labute approximate surface area is 121 Å². The predicted molar refractivity (Wildman–Crippen MR) is 74.5 cm³/mol. The van der Waals surface area contributed by atoms with E-state index in [2.05, 4.69) is 10.1 Å². The van der Waals surface area contributed by atoms with Crippen LogP contribution in [0.1, 0.15) is 11.6 Å². The van der Waals surface area contributed by atoms with Gasteiger partial charge in [0.15, 0.2) is 11.6 Å². The van der Waals surface area contributed by atoms with Crippen LogP contribution in [0.25, 0.3) is 17.3 Å². The number of halogens is 1. The molecule has 0 radical (unpaired) electrons.